The first-order valence-corrected chi connectivity index (χ1v) is 13.8. The van der Waals surface area contributed by atoms with Gasteiger partial charge in [0.15, 0.2) is 0 Å². The molecule has 35 heavy (non-hydrogen) atoms. The van der Waals surface area contributed by atoms with Crippen LogP contribution in [0.4, 0.5) is 0 Å². The Morgan fingerprint density at radius 2 is 1.74 bits per heavy atom. The average molecular weight is 532 g/mol. The van der Waals surface area contributed by atoms with E-state index < -0.39 is 0 Å². The number of carbonyl (C=O) groups excluding carboxylic acids is 1. The van der Waals surface area contributed by atoms with Crippen molar-refractivity contribution in [2.75, 3.05) is 26.2 Å². The zero-order valence-electron chi connectivity index (χ0n) is 20.7. The Hall–Kier alpha value is -2.43. The number of benzene rings is 3. The molecule has 0 unspecified atom stereocenters. The van der Waals surface area contributed by atoms with Gasteiger partial charge in [0, 0.05) is 29.7 Å². The smallest absolute Gasteiger partial charge is 0.254 e. The molecular weight excluding hydrogens is 496 g/mol. The average Bonchev–Trinajstić information content (AvgIpc) is 2.90. The predicted molar refractivity (Wildman–Crippen MR) is 147 cm³/mol. The van der Waals surface area contributed by atoms with Crippen LogP contribution < -0.4 is 0 Å². The molecular formula is C31H35BrN2O. The maximum atomic E-state index is 13.2. The van der Waals surface area contributed by atoms with Gasteiger partial charge in [0.25, 0.3) is 5.91 Å². The monoisotopic (exact) mass is 530 g/mol. The molecule has 0 atom stereocenters. The summed E-state index contributed by atoms with van der Waals surface area (Å²) in [6.45, 7) is 7.09. The van der Waals surface area contributed by atoms with Crippen LogP contribution in [0.1, 0.15) is 51.0 Å². The van der Waals surface area contributed by atoms with E-state index in [1.807, 2.05) is 17.0 Å². The van der Waals surface area contributed by atoms with Gasteiger partial charge >= 0.3 is 0 Å². The zero-order valence-corrected chi connectivity index (χ0v) is 22.3. The molecule has 0 saturated carbocycles. The number of likely N-dealkylation sites (tertiary alicyclic amines) is 1. The van der Waals surface area contributed by atoms with Crippen molar-refractivity contribution in [1.82, 2.24) is 9.80 Å². The molecule has 3 aromatic rings. The minimum Gasteiger partial charge on any atom is -0.334 e. The molecule has 2 heterocycles. The van der Waals surface area contributed by atoms with Gasteiger partial charge in [-0.05, 0) is 98.5 Å². The lowest BCUT2D eigenvalue weighted by Crippen LogP contribution is -2.36. The highest BCUT2D eigenvalue weighted by Crippen LogP contribution is 2.27. The molecule has 2 aliphatic heterocycles. The van der Waals surface area contributed by atoms with Gasteiger partial charge in [0.1, 0.15) is 0 Å². The molecule has 1 fully saturated rings. The van der Waals surface area contributed by atoms with Gasteiger partial charge in [-0.1, -0.05) is 70.0 Å². The number of amides is 1. The third-order valence-electron chi connectivity index (χ3n) is 7.73. The Morgan fingerprint density at radius 1 is 0.943 bits per heavy atom. The number of halogens is 1. The first-order valence-electron chi connectivity index (χ1n) is 13.0. The highest BCUT2D eigenvalue weighted by Gasteiger charge is 2.22. The van der Waals surface area contributed by atoms with E-state index in [4.69, 9.17) is 0 Å². The molecule has 0 aliphatic carbocycles. The summed E-state index contributed by atoms with van der Waals surface area (Å²) in [5.74, 6) is 0.921. The number of hydrogen-bond acceptors (Lipinski definition) is 2. The Morgan fingerprint density at radius 3 is 2.57 bits per heavy atom. The highest BCUT2D eigenvalue weighted by atomic mass is 79.9. The summed E-state index contributed by atoms with van der Waals surface area (Å²) in [5.41, 5.74) is 7.53. The Balaban J connectivity index is 1.12. The fourth-order valence-corrected chi connectivity index (χ4v) is 5.99. The quantitative estimate of drug-likeness (QED) is 0.365. The second kappa shape index (κ2) is 11.1. The summed E-state index contributed by atoms with van der Waals surface area (Å²) in [5, 5.41) is 0. The molecule has 0 bridgehead atoms. The minimum atomic E-state index is 0.157. The van der Waals surface area contributed by atoms with Gasteiger partial charge in [0.2, 0.25) is 0 Å². The van der Waals surface area contributed by atoms with E-state index >= 15 is 0 Å². The zero-order chi connectivity index (χ0) is 24.2. The van der Waals surface area contributed by atoms with Gasteiger partial charge in [0.05, 0.1) is 0 Å². The Kier molecular flexibility index (Phi) is 7.69. The van der Waals surface area contributed by atoms with Crippen LogP contribution in [0.2, 0.25) is 0 Å². The largest absolute Gasteiger partial charge is 0.334 e. The lowest BCUT2D eigenvalue weighted by Gasteiger charge is -2.32. The molecule has 1 saturated heterocycles. The second-order valence-electron chi connectivity index (χ2n) is 10.3. The SMILES string of the molecule is Cc1ccc(Br)c(CC2CCN(CCc3cccc(C(=O)N4CCc5ccccc5C4)c3)CC2)c1. The third-order valence-corrected chi connectivity index (χ3v) is 8.50. The van der Waals surface area contributed by atoms with E-state index in [1.165, 1.54) is 64.6 Å². The highest BCUT2D eigenvalue weighted by molar-refractivity contribution is 9.10. The number of rotatable bonds is 6. The van der Waals surface area contributed by atoms with Crippen LogP contribution in [0.15, 0.2) is 71.2 Å². The van der Waals surface area contributed by atoms with Crippen LogP contribution in [0.5, 0.6) is 0 Å². The summed E-state index contributed by atoms with van der Waals surface area (Å²) >= 11 is 3.73. The second-order valence-corrected chi connectivity index (χ2v) is 11.1. The summed E-state index contributed by atoms with van der Waals surface area (Å²) in [7, 11) is 0. The van der Waals surface area contributed by atoms with Crippen LogP contribution in [0, 0.1) is 12.8 Å². The molecule has 1 amide bonds. The van der Waals surface area contributed by atoms with Gasteiger partial charge in [-0.25, -0.2) is 0 Å². The first-order chi connectivity index (χ1) is 17.0. The lowest BCUT2D eigenvalue weighted by atomic mass is 9.89. The normalized spacial score (nSPS) is 16.8. The predicted octanol–water partition coefficient (Wildman–Crippen LogP) is 6.45. The van der Waals surface area contributed by atoms with Crippen molar-refractivity contribution < 1.29 is 4.79 Å². The van der Waals surface area contributed by atoms with Gasteiger partial charge < -0.3 is 9.80 Å². The molecule has 3 aromatic carbocycles. The standard InChI is InChI=1S/C31H35BrN2O/c1-23-9-10-30(32)29(19-23)21-25-12-16-33(17-13-25)15-11-24-5-4-8-27(20-24)31(35)34-18-14-26-6-2-3-7-28(26)22-34/h2-10,19-20,25H,11-18,21-22H2,1H3. The van der Waals surface area contributed by atoms with Crippen molar-refractivity contribution in [2.45, 2.75) is 45.6 Å². The molecule has 182 valence electrons. The van der Waals surface area contributed by atoms with Gasteiger partial charge in [-0.3, -0.25) is 4.79 Å². The van der Waals surface area contributed by atoms with Crippen LogP contribution >= 0.6 is 15.9 Å². The third kappa shape index (κ3) is 6.05. The Bertz CT molecular complexity index is 1180. The first kappa shape index (κ1) is 24.3. The van der Waals surface area contributed by atoms with Crippen molar-refractivity contribution >= 4 is 21.8 Å². The van der Waals surface area contributed by atoms with E-state index in [0.29, 0.717) is 6.54 Å². The number of nitrogens with zero attached hydrogens (tertiary/aromatic N) is 2. The van der Waals surface area contributed by atoms with Crippen LogP contribution in [0.25, 0.3) is 0 Å². The van der Waals surface area contributed by atoms with Crippen LogP contribution in [-0.4, -0.2) is 41.9 Å². The molecule has 4 heteroatoms. The van der Waals surface area contributed by atoms with Crippen molar-refractivity contribution in [3.63, 3.8) is 0 Å². The van der Waals surface area contributed by atoms with Crippen molar-refractivity contribution in [1.29, 1.82) is 0 Å². The van der Waals surface area contributed by atoms with Gasteiger partial charge in [-0.15, -0.1) is 0 Å². The number of hydrogen-bond donors (Lipinski definition) is 0. The van der Waals surface area contributed by atoms with E-state index in [9.17, 15) is 4.79 Å². The number of piperidine rings is 1. The summed E-state index contributed by atoms with van der Waals surface area (Å²) < 4.78 is 1.24. The lowest BCUT2D eigenvalue weighted by molar-refractivity contribution is 0.0734. The molecule has 0 aromatic heterocycles. The summed E-state index contributed by atoms with van der Waals surface area (Å²) in [4.78, 5) is 17.8. The molecule has 5 rings (SSSR count). The van der Waals surface area contributed by atoms with Crippen LogP contribution in [-0.2, 0) is 25.8 Å². The van der Waals surface area contributed by atoms with Gasteiger partial charge in [-0.2, -0.15) is 0 Å². The van der Waals surface area contributed by atoms with E-state index in [1.54, 1.807) is 0 Å². The summed E-state index contributed by atoms with van der Waals surface area (Å²) in [6.07, 6.45) is 5.63. The number of fused-ring (bicyclic) bond motifs is 1. The van der Waals surface area contributed by atoms with E-state index in [2.05, 4.69) is 82.4 Å². The molecule has 0 spiro atoms. The molecule has 3 nitrogen and oxygen atoms in total. The molecule has 2 aliphatic rings. The summed E-state index contributed by atoms with van der Waals surface area (Å²) in [6, 6.07) is 23.5. The van der Waals surface area contributed by atoms with E-state index in [0.717, 1.165) is 37.4 Å². The van der Waals surface area contributed by atoms with Crippen LogP contribution in [0.3, 0.4) is 0 Å². The number of aryl methyl sites for hydroxylation is 1. The van der Waals surface area contributed by atoms with E-state index in [-0.39, 0.29) is 5.91 Å². The van der Waals surface area contributed by atoms with Crippen molar-refractivity contribution in [2.24, 2.45) is 5.92 Å². The van der Waals surface area contributed by atoms with Crippen molar-refractivity contribution in [3.8, 4) is 0 Å². The van der Waals surface area contributed by atoms with Crippen molar-refractivity contribution in [3.05, 3.63) is 105 Å². The number of carbonyl (C=O) groups is 1. The maximum Gasteiger partial charge on any atom is 0.254 e. The Labute approximate surface area is 218 Å². The molecule has 0 radical (unpaired) electrons. The topological polar surface area (TPSA) is 23.6 Å². The fraction of sp³-hybridized carbons (Fsp3) is 0.387. The minimum absolute atomic E-state index is 0.157. The fourth-order valence-electron chi connectivity index (χ4n) is 5.58. The maximum absolute atomic E-state index is 13.2. The molecule has 0 N–H and O–H groups in total.